The lowest BCUT2D eigenvalue weighted by molar-refractivity contribution is -0.0113. The van der Waals surface area contributed by atoms with E-state index in [2.05, 4.69) is 13.5 Å². The molecule has 0 aliphatic carbocycles. The molecule has 0 spiro atoms. The molecule has 18 heavy (non-hydrogen) atoms. The van der Waals surface area contributed by atoms with Gasteiger partial charge in [0.2, 0.25) is 0 Å². The van der Waals surface area contributed by atoms with Gasteiger partial charge < -0.3 is 23.7 Å². The van der Waals surface area contributed by atoms with Gasteiger partial charge in [0.15, 0.2) is 0 Å². The summed E-state index contributed by atoms with van der Waals surface area (Å²) >= 11 is 0. The third-order valence-corrected chi connectivity index (χ3v) is 1.84. The molecule has 0 aromatic rings. The Labute approximate surface area is 110 Å². The van der Waals surface area contributed by atoms with Crippen LogP contribution in [-0.2, 0) is 23.7 Å². The molecule has 1 atom stereocenters. The van der Waals surface area contributed by atoms with Crippen LogP contribution < -0.4 is 0 Å². The predicted octanol–water partition coefficient (Wildman–Crippen LogP) is 1.44. The molecular weight excluding hydrogens is 236 g/mol. The van der Waals surface area contributed by atoms with Crippen molar-refractivity contribution in [3.63, 3.8) is 0 Å². The number of ether oxygens (including phenoxy) is 5. The summed E-state index contributed by atoms with van der Waals surface area (Å²) in [6, 6.07) is 0. The first-order valence-electron chi connectivity index (χ1n) is 6.17. The van der Waals surface area contributed by atoms with Crippen molar-refractivity contribution in [2.24, 2.45) is 0 Å². The fraction of sp³-hybridized carbons (Fsp3) is 0.769. The molecule has 0 aliphatic heterocycles. The molecule has 0 aromatic heterocycles. The van der Waals surface area contributed by atoms with E-state index in [0.29, 0.717) is 52.9 Å². The molecule has 0 aromatic carbocycles. The fourth-order valence-corrected chi connectivity index (χ4v) is 1.04. The second-order valence-corrected chi connectivity index (χ2v) is 3.56. The summed E-state index contributed by atoms with van der Waals surface area (Å²) in [6.07, 6.45) is 1.41. The van der Waals surface area contributed by atoms with Gasteiger partial charge in [0.05, 0.1) is 58.6 Å². The molecule has 0 saturated carbocycles. The van der Waals surface area contributed by atoms with Crippen molar-refractivity contribution < 1.29 is 23.7 Å². The molecule has 0 rings (SSSR count). The quantitative estimate of drug-likeness (QED) is 0.350. The van der Waals surface area contributed by atoms with Gasteiger partial charge in [-0.15, -0.1) is 0 Å². The predicted molar refractivity (Wildman–Crippen MR) is 69.4 cm³/mol. The molecule has 0 bridgehead atoms. The monoisotopic (exact) mass is 261 g/mol. The maximum Gasteiger partial charge on any atom is 0.111 e. The van der Waals surface area contributed by atoms with E-state index >= 15 is 0 Å². The summed E-state index contributed by atoms with van der Waals surface area (Å²) in [5, 5.41) is 0. The van der Waals surface area contributed by atoms with Gasteiger partial charge in [-0.25, -0.2) is 0 Å². The Morgan fingerprint density at radius 2 is 1.28 bits per heavy atom. The first-order chi connectivity index (χ1) is 8.77. The van der Waals surface area contributed by atoms with Crippen molar-refractivity contribution in [1.82, 2.24) is 0 Å². The van der Waals surface area contributed by atoms with Gasteiger partial charge >= 0.3 is 0 Å². The van der Waals surface area contributed by atoms with E-state index in [1.165, 1.54) is 6.26 Å². The minimum atomic E-state index is 0.00654. The van der Waals surface area contributed by atoms with Gasteiger partial charge in [-0.3, -0.25) is 0 Å². The minimum absolute atomic E-state index is 0.00654. The van der Waals surface area contributed by atoms with E-state index in [4.69, 9.17) is 23.7 Å². The molecular formula is C13H25O5. The minimum Gasteiger partial charge on any atom is -0.499 e. The first-order valence-corrected chi connectivity index (χ1v) is 6.17. The van der Waals surface area contributed by atoms with E-state index in [9.17, 15) is 0 Å². The second kappa shape index (κ2) is 14.4. The SMILES string of the molecule is [CH2]C(C)OCCOCCOCCOCCOC=C. The molecule has 1 radical (unpaired) electrons. The Bertz CT molecular complexity index is 173. The molecule has 0 saturated heterocycles. The second-order valence-electron chi connectivity index (χ2n) is 3.56. The van der Waals surface area contributed by atoms with E-state index in [0.717, 1.165) is 0 Å². The van der Waals surface area contributed by atoms with Crippen molar-refractivity contribution in [3.05, 3.63) is 19.8 Å². The van der Waals surface area contributed by atoms with Crippen molar-refractivity contribution in [1.29, 1.82) is 0 Å². The van der Waals surface area contributed by atoms with Gasteiger partial charge in [0, 0.05) is 0 Å². The Morgan fingerprint density at radius 1 is 0.833 bits per heavy atom. The Hall–Kier alpha value is -0.620. The Kier molecular flexibility index (Phi) is 13.9. The first kappa shape index (κ1) is 17.4. The third kappa shape index (κ3) is 15.4. The topological polar surface area (TPSA) is 46.2 Å². The molecule has 0 N–H and O–H groups in total. The van der Waals surface area contributed by atoms with E-state index in [-0.39, 0.29) is 6.10 Å². The normalized spacial score (nSPS) is 10.8. The summed E-state index contributed by atoms with van der Waals surface area (Å²) in [6.45, 7) is 13.5. The third-order valence-electron chi connectivity index (χ3n) is 1.84. The average Bonchev–Trinajstić information content (AvgIpc) is 2.34. The van der Waals surface area contributed by atoms with Gasteiger partial charge in [0.1, 0.15) is 6.61 Å². The lowest BCUT2D eigenvalue weighted by Crippen LogP contribution is -2.14. The highest BCUT2D eigenvalue weighted by molar-refractivity contribution is 4.49. The van der Waals surface area contributed by atoms with Crippen LogP contribution in [0.15, 0.2) is 12.8 Å². The van der Waals surface area contributed by atoms with Crippen LogP contribution in [0.25, 0.3) is 0 Å². The summed E-state index contributed by atoms with van der Waals surface area (Å²) in [5.41, 5.74) is 0. The summed E-state index contributed by atoms with van der Waals surface area (Å²) < 4.78 is 26.0. The van der Waals surface area contributed by atoms with Crippen LogP contribution in [0, 0.1) is 6.92 Å². The van der Waals surface area contributed by atoms with Gasteiger partial charge in [-0.2, -0.15) is 0 Å². The average molecular weight is 261 g/mol. The highest BCUT2D eigenvalue weighted by Gasteiger charge is 1.94. The van der Waals surface area contributed by atoms with E-state index < -0.39 is 0 Å². The molecule has 1 unspecified atom stereocenters. The standard InChI is InChI=1S/C13H25O5/c1-4-14-5-6-15-7-8-16-9-10-17-11-12-18-13(2)3/h4,13H,1-2,5-12H2,3H3. The zero-order valence-corrected chi connectivity index (χ0v) is 11.3. The lowest BCUT2D eigenvalue weighted by Gasteiger charge is -2.08. The molecule has 0 fully saturated rings. The van der Waals surface area contributed by atoms with Crippen LogP contribution in [-0.4, -0.2) is 59.0 Å². The van der Waals surface area contributed by atoms with Crippen molar-refractivity contribution in [2.45, 2.75) is 13.0 Å². The zero-order valence-electron chi connectivity index (χ0n) is 11.3. The maximum atomic E-state index is 5.30. The molecule has 0 amide bonds. The summed E-state index contributed by atoms with van der Waals surface area (Å²) in [7, 11) is 0. The van der Waals surface area contributed by atoms with Crippen LogP contribution in [0.5, 0.6) is 0 Å². The molecule has 107 valence electrons. The Morgan fingerprint density at radius 3 is 1.72 bits per heavy atom. The van der Waals surface area contributed by atoms with Crippen molar-refractivity contribution >= 4 is 0 Å². The fourth-order valence-electron chi connectivity index (χ4n) is 1.04. The maximum absolute atomic E-state index is 5.30. The van der Waals surface area contributed by atoms with Crippen molar-refractivity contribution in [3.8, 4) is 0 Å². The van der Waals surface area contributed by atoms with E-state index in [1.54, 1.807) is 0 Å². The number of hydrogen-bond acceptors (Lipinski definition) is 5. The number of hydrogen-bond donors (Lipinski definition) is 0. The lowest BCUT2D eigenvalue weighted by atomic mass is 10.5. The van der Waals surface area contributed by atoms with Crippen LogP contribution in [0.4, 0.5) is 0 Å². The van der Waals surface area contributed by atoms with Crippen LogP contribution in [0.3, 0.4) is 0 Å². The van der Waals surface area contributed by atoms with Gasteiger partial charge in [-0.1, -0.05) is 6.58 Å². The number of rotatable bonds is 14. The molecule has 0 heterocycles. The summed E-state index contributed by atoms with van der Waals surface area (Å²) in [5.74, 6) is 0. The van der Waals surface area contributed by atoms with Gasteiger partial charge in [0.25, 0.3) is 0 Å². The van der Waals surface area contributed by atoms with Gasteiger partial charge in [-0.05, 0) is 13.8 Å². The summed E-state index contributed by atoms with van der Waals surface area (Å²) in [4.78, 5) is 0. The smallest absolute Gasteiger partial charge is 0.111 e. The molecule has 5 heteroatoms. The molecule has 0 aliphatic rings. The zero-order chi connectivity index (χ0) is 13.5. The highest BCUT2D eigenvalue weighted by atomic mass is 16.6. The molecule has 5 nitrogen and oxygen atoms in total. The van der Waals surface area contributed by atoms with Crippen LogP contribution in [0.2, 0.25) is 0 Å². The van der Waals surface area contributed by atoms with Crippen LogP contribution >= 0.6 is 0 Å². The highest BCUT2D eigenvalue weighted by Crippen LogP contribution is 1.87. The van der Waals surface area contributed by atoms with Crippen LogP contribution in [0.1, 0.15) is 6.92 Å². The largest absolute Gasteiger partial charge is 0.499 e. The van der Waals surface area contributed by atoms with Crippen molar-refractivity contribution in [2.75, 3.05) is 52.9 Å². The van der Waals surface area contributed by atoms with E-state index in [1.807, 2.05) is 6.92 Å². The Balaban J connectivity index is 2.92.